The van der Waals surface area contributed by atoms with Crippen molar-refractivity contribution in [2.24, 2.45) is 0 Å². The first-order valence-corrected chi connectivity index (χ1v) is 10.6. The lowest BCUT2D eigenvalue weighted by Crippen LogP contribution is -2.35. The van der Waals surface area contributed by atoms with Crippen LogP contribution in [0.25, 0.3) is 5.76 Å². The molecule has 1 N–H and O–H groups in total. The maximum Gasteiger partial charge on any atom is 0.295 e. The van der Waals surface area contributed by atoms with E-state index in [0.717, 1.165) is 0 Å². The fourth-order valence-corrected chi connectivity index (χ4v) is 3.67. The number of rotatable bonds is 9. The second-order valence-corrected chi connectivity index (χ2v) is 7.60. The highest BCUT2D eigenvalue weighted by Gasteiger charge is 2.46. The van der Waals surface area contributed by atoms with Gasteiger partial charge in [0.05, 0.1) is 24.8 Å². The van der Waals surface area contributed by atoms with Gasteiger partial charge in [-0.1, -0.05) is 6.07 Å². The van der Waals surface area contributed by atoms with Crippen molar-refractivity contribution >= 4 is 17.4 Å². The molecule has 0 bridgehead atoms. The Morgan fingerprint density at radius 3 is 2.34 bits per heavy atom. The third-order valence-corrected chi connectivity index (χ3v) is 5.17. The van der Waals surface area contributed by atoms with Gasteiger partial charge in [0.25, 0.3) is 11.7 Å². The molecule has 1 atom stereocenters. The van der Waals surface area contributed by atoms with Crippen LogP contribution in [-0.4, -0.2) is 72.0 Å². The van der Waals surface area contributed by atoms with Crippen molar-refractivity contribution in [3.05, 3.63) is 59.4 Å². The van der Waals surface area contributed by atoms with Gasteiger partial charge in [0.15, 0.2) is 11.5 Å². The van der Waals surface area contributed by atoms with Crippen LogP contribution in [0.1, 0.15) is 31.0 Å². The first kappa shape index (κ1) is 23.3. The zero-order valence-electron chi connectivity index (χ0n) is 18.9. The molecule has 1 aromatic carbocycles. The Balaban J connectivity index is 2.16. The van der Waals surface area contributed by atoms with Crippen molar-refractivity contribution in [2.75, 3.05) is 40.4 Å². The average Bonchev–Trinajstić information content (AvgIpc) is 3.04. The molecule has 32 heavy (non-hydrogen) atoms. The number of amides is 1. The van der Waals surface area contributed by atoms with E-state index in [0.29, 0.717) is 48.9 Å². The number of hydrogen-bond donors (Lipinski definition) is 1. The summed E-state index contributed by atoms with van der Waals surface area (Å²) in [6.07, 6.45) is 3.05. The van der Waals surface area contributed by atoms with Gasteiger partial charge >= 0.3 is 0 Å². The van der Waals surface area contributed by atoms with Crippen LogP contribution in [-0.2, 0) is 9.59 Å². The van der Waals surface area contributed by atoms with E-state index in [-0.39, 0.29) is 11.3 Å². The molecule has 1 amide bonds. The first-order chi connectivity index (χ1) is 15.4. The van der Waals surface area contributed by atoms with Crippen molar-refractivity contribution in [1.29, 1.82) is 0 Å². The van der Waals surface area contributed by atoms with E-state index in [4.69, 9.17) is 9.47 Å². The van der Waals surface area contributed by atoms with Crippen molar-refractivity contribution in [3.8, 4) is 11.5 Å². The van der Waals surface area contributed by atoms with Crippen LogP contribution < -0.4 is 9.47 Å². The van der Waals surface area contributed by atoms with Crippen molar-refractivity contribution in [3.63, 3.8) is 0 Å². The lowest BCUT2D eigenvalue weighted by molar-refractivity contribution is -0.140. The van der Waals surface area contributed by atoms with Gasteiger partial charge < -0.3 is 24.4 Å². The van der Waals surface area contributed by atoms with Gasteiger partial charge in [0, 0.05) is 31.0 Å². The molecule has 2 heterocycles. The summed E-state index contributed by atoms with van der Waals surface area (Å²) < 4.78 is 11.4. The molecule has 1 aliphatic rings. The highest BCUT2D eigenvalue weighted by atomic mass is 16.5. The number of hydrogen-bond acceptors (Lipinski definition) is 7. The number of aliphatic hydroxyl groups excluding tert-OH is 1. The molecule has 1 fully saturated rings. The predicted molar refractivity (Wildman–Crippen MR) is 121 cm³/mol. The number of aliphatic hydroxyl groups is 1. The molecule has 3 rings (SSSR count). The molecule has 1 unspecified atom stereocenters. The molecular weight excluding hydrogens is 410 g/mol. The fourth-order valence-electron chi connectivity index (χ4n) is 3.67. The van der Waals surface area contributed by atoms with Crippen LogP contribution in [0.4, 0.5) is 0 Å². The minimum absolute atomic E-state index is 0.0477. The number of likely N-dealkylation sites (N-methyl/N-ethyl adjacent to an activating group) is 1. The number of benzene rings is 1. The number of aromatic nitrogens is 1. The van der Waals surface area contributed by atoms with Crippen LogP contribution in [0.3, 0.4) is 0 Å². The van der Waals surface area contributed by atoms with Crippen molar-refractivity contribution in [1.82, 2.24) is 14.8 Å². The second kappa shape index (κ2) is 10.3. The molecule has 0 saturated carbocycles. The Kier molecular flexibility index (Phi) is 7.48. The minimum Gasteiger partial charge on any atom is -0.507 e. The van der Waals surface area contributed by atoms with Gasteiger partial charge in [0.2, 0.25) is 0 Å². The smallest absolute Gasteiger partial charge is 0.295 e. The summed E-state index contributed by atoms with van der Waals surface area (Å²) in [5.74, 6) is -0.476. The average molecular weight is 440 g/mol. The summed E-state index contributed by atoms with van der Waals surface area (Å²) >= 11 is 0. The second-order valence-electron chi connectivity index (χ2n) is 7.60. The van der Waals surface area contributed by atoms with Gasteiger partial charge in [-0.25, -0.2) is 0 Å². The Hall–Kier alpha value is -3.39. The molecule has 8 heteroatoms. The fraction of sp³-hybridized carbons (Fsp3) is 0.375. The summed E-state index contributed by atoms with van der Waals surface area (Å²) in [7, 11) is 3.79. The van der Waals surface area contributed by atoms with Crippen LogP contribution >= 0.6 is 0 Å². The quantitative estimate of drug-likeness (QED) is 0.365. The maximum atomic E-state index is 13.0. The molecule has 0 aliphatic carbocycles. The standard InChI is InChI=1S/C24H29N3O5/c1-5-31-18-8-7-17(15-19(18)32-6-2)21-20(22(28)16-9-11-25-12-10-16)23(29)24(30)27(21)14-13-26(3)4/h7-12,15,21,28H,5-6,13-14H2,1-4H3/b22-20-. The van der Waals surface area contributed by atoms with Crippen LogP contribution in [0.2, 0.25) is 0 Å². The topological polar surface area (TPSA) is 92.2 Å². The Morgan fingerprint density at radius 1 is 1.06 bits per heavy atom. The zero-order chi connectivity index (χ0) is 23.3. The molecule has 1 aromatic heterocycles. The van der Waals surface area contributed by atoms with Crippen LogP contribution in [0.5, 0.6) is 11.5 Å². The molecule has 0 radical (unpaired) electrons. The molecule has 1 saturated heterocycles. The third-order valence-electron chi connectivity index (χ3n) is 5.17. The predicted octanol–water partition coefficient (Wildman–Crippen LogP) is 2.86. The summed E-state index contributed by atoms with van der Waals surface area (Å²) in [6, 6.07) is 7.79. The summed E-state index contributed by atoms with van der Waals surface area (Å²) in [5.41, 5.74) is 1.13. The number of Topliss-reactive ketones (excluding diaryl/α,β-unsaturated/α-hetero) is 1. The SMILES string of the molecule is CCOc1ccc(C2/C(=C(/O)c3ccncc3)C(=O)C(=O)N2CCN(C)C)cc1OCC. The van der Waals surface area contributed by atoms with Gasteiger partial charge in [-0.2, -0.15) is 0 Å². The summed E-state index contributed by atoms with van der Waals surface area (Å²) in [4.78, 5) is 33.4. The van der Waals surface area contributed by atoms with E-state index >= 15 is 0 Å². The van der Waals surface area contributed by atoms with Crippen molar-refractivity contribution < 1.29 is 24.2 Å². The number of carbonyl (C=O) groups excluding carboxylic acids is 2. The molecule has 1 aliphatic heterocycles. The normalized spacial score (nSPS) is 17.8. The van der Waals surface area contributed by atoms with Crippen LogP contribution in [0.15, 0.2) is 48.3 Å². The number of pyridine rings is 1. The highest BCUT2D eigenvalue weighted by Crippen LogP contribution is 2.41. The van der Waals surface area contributed by atoms with Crippen LogP contribution in [0, 0.1) is 0 Å². The largest absolute Gasteiger partial charge is 0.507 e. The van der Waals surface area contributed by atoms with Gasteiger partial charge in [-0.05, 0) is 57.8 Å². The van der Waals surface area contributed by atoms with Gasteiger partial charge in [-0.15, -0.1) is 0 Å². The van der Waals surface area contributed by atoms with E-state index < -0.39 is 17.7 Å². The van der Waals surface area contributed by atoms with E-state index in [2.05, 4.69) is 4.98 Å². The number of likely N-dealkylation sites (tertiary alicyclic amines) is 1. The Bertz CT molecular complexity index is 1000. The lowest BCUT2D eigenvalue weighted by atomic mass is 9.95. The van der Waals surface area contributed by atoms with Gasteiger partial charge in [0.1, 0.15) is 5.76 Å². The molecular formula is C24H29N3O5. The highest BCUT2D eigenvalue weighted by molar-refractivity contribution is 6.46. The van der Waals surface area contributed by atoms with Crippen molar-refractivity contribution in [2.45, 2.75) is 19.9 Å². The zero-order valence-corrected chi connectivity index (χ0v) is 18.9. The third kappa shape index (κ3) is 4.75. The van der Waals surface area contributed by atoms with E-state index in [9.17, 15) is 14.7 Å². The minimum atomic E-state index is -0.752. The lowest BCUT2D eigenvalue weighted by Gasteiger charge is -2.27. The maximum absolute atomic E-state index is 13.0. The number of carbonyl (C=O) groups is 2. The molecule has 8 nitrogen and oxygen atoms in total. The van der Waals surface area contributed by atoms with E-state index in [1.54, 1.807) is 30.3 Å². The van der Waals surface area contributed by atoms with Gasteiger partial charge in [-0.3, -0.25) is 14.6 Å². The summed E-state index contributed by atoms with van der Waals surface area (Å²) in [6.45, 7) is 5.55. The van der Waals surface area contributed by atoms with E-state index in [1.807, 2.05) is 32.8 Å². The monoisotopic (exact) mass is 439 g/mol. The number of ketones is 1. The Morgan fingerprint density at radius 2 is 1.72 bits per heavy atom. The molecule has 2 aromatic rings. The van der Waals surface area contributed by atoms with E-state index in [1.165, 1.54) is 17.3 Å². The summed E-state index contributed by atoms with van der Waals surface area (Å²) in [5, 5.41) is 11.0. The number of ether oxygens (including phenoxy) is 2. The molecule has 0 spiro atoms. The molecule has 170 valence electrons. The first-order valence-electron chi connectivity index (χ1n) is 10.6. The number of nitrogens with zero attached hydrogens (tertiary/aromatic N) is 3. The Labute approximate surface area is 188 Å².